The summed E-state index contributed by atoms with van der Waals surface area (Å²) in [6, 6.07) is 12.2. The first-order chi connectivity index (χ1) is 13.2. The lowest BCUT2D eigenvalue weighted by molar-refractivity contribution is -0.129. The summed E-state index contributed by atoms with van der Waals surface area (Å²) in [5.74, 6) is 1.57. The van der Waals surface area contributed by atoms with Crippen LogP contribution in [-0.2, 0) is 17.8 Å². The third kappa shape index (κ3) is 3.59. The van der Waals surface area contributed by atoms with E-state index in [1.807, 2.05) is 35.4 Å². The second-order valence-electron chi connectivity index (χ2n) is 7.46. The van der Waals surface area contributed by atoms with Crippen LogP contribution in [0.3, 0.4) is 0 Å². The fraction of sp³-hybridized carbons (Fsp3) is 0.409. The summed E-state index contributed by atoms with van der Waals surface area (Å²) < 4.78 is 2.24. The fourth-order valence-corrected chi connectivity index (χ4v) is 4.04. The molecule has 1 amide bonds. The van der Waals surface area contributed by atoms with Gasteiger partial charge in [0.25, 0.3) is 0 Å². The van der Waals surface area contributed by atoms with Gasteiger partial charge in [-0.25, -0.2) is 9.97 Å². The molecule has 2 aromatic heterocycles. The van der Waals surface area contributed by atoms with E-state index >= 15 is 0 Å². The highest BCUT2D eigenvalue weighted by molar-refractivity contribution is 5.79. The van der Waals surface area contributed by atoms with Gasteiger partial charge in [0.05, 0.1) is 6.42 Å². The maximum Gasteiger partial charge on any atom is 0.227 e. The smallest absolute Gasteiger partial charge is 0.227 e. The zero-order chi connectivity index (χ0) is 18.8. The SMILES string of the molecule is CCCn1c(C2CCN(C(=O)Cc3cccc(C)c3)C2)nc2cccnc21. The Morgan fingerprint density at radius 3 is 2.96 bits per heavy atom. The number of rotatable bonds is 5. The van der Waals surface area contributed by atoms with Gasteiger partial charge in [-0.1, -0.05) is 36.8 Å². The average molecular weight is 362 g/mol. The number of nitrogens with zero attached hydrogens (tertiary/aromatic N) is 4. The summed E-state index contributed by atoms with van der Waals surface area (Å²) in [7, 11) is 0. The molecule has 0 bridgehead atoms. The molecule has 0 aliphatic carbocycles. The third-order valence-electron chi connectivity index (χ3n) is 5.32. The van der Waals surface area contributed by atoms with Crippen molar-refractivity contribution in [2.24, 2.45) is 0 Å². The minimum Gasteiger partial charge on any atom is -0.342 e. The predicted octanol–water partition coefficient (Wildman–Crippen LogP) is 3.71. The Morgan fingerprint density at radius 2 is 2.15 bits per heavy atom. The fourth-order valence-electron chi connectivity index (χ4n) is 4.04. The van der Waals surface area contributed by atoms with E-state index in [0.29, 0.717) is 6.42 Å². The van der Waals surface area contributed by atoms with E-state index in [-0.39, 0.29) is 11.8 Å². The molecule has 0 saturated carbocycles. The van der Waals surface area contributed by atoms with Crippen molar-refractivity contribution < 1.29 is 4.79 Å². The van der Waals surface area contributed by atoms with Crippen LogP contribution in [0.4, 0.5) is 0 Å². The van der Waals surface area contributed by atoms with Gasteiger partial charge in [0, 0.05) is 31.7 Å². The maximum absolute atomic E-state index is 12.8. The average Bonchev–Trinajstić information content (AvgIpc) is 3.27. The minimum absolute atomic E-state index is 0.208. The predicted molar refractivity (Wildman–Crippen MR) is 107 cm³/mol. The van der Waals surface area contributed by atoms with Crippen molar-refractivity contribution >= 4 is 17.1 Å². The number of hydrogen-bond acceptors (Lipinski definition) is 3. The van der Waals surface area contributed by atoms with Crippen LogP contribution in [0.5, 0.6) is 0 Å². The molecule has 4 rings (SSSR count). The summed E-state index contributed by atoms with van der Waals surface area (Å²) in [5, 5.41) is 0. The molecule has 3 heterocycles. The van der Waals surface area contributed by atoms with Crippen LogP contribution < -0.4 is 0 Å². The maximum atomic E-state index is 12.8. The second kappa shape index (κ2) is 7.51. The molecule has 3 aromatic rings. The van der Waals surface area contributed by atoms with Gasteiger partial charge in [0.1, 0.15) is 11.3 Å². The molecular weight excluding hydrogens is 336 g/mol. The van der Waals surface area contributed by atoms with E-state index in [4.69, 9.17) is 4.98 Å². The highest BCUT2D eigenvalue weighted by atomic mass is 16.2. The lowest BCUT2D eigenvalue weighted by Crippen LogP contribution is -2.30. The Hall–Kier alpha value is -2.69. The molecule has 1 aliphatic rings. The van der Waals surface area contributed by atoms with E-state index in [2.05, 4.69) is 35.5 Å². The molecular formula is C22H26N4O. The normalized spacial score (nSPS) is 17.0. The van der Waals surface area contributed by atoms with Crippen LogP contribution in [0.25, 0.3) is 11.2 Å². The Labute approximate surface area is 160 Å². The number of benzene rings is 1. The van der Waals surface area contributed by atoms with Crippen LogP contribution in [0.1, 0.15) is 42.6 Å². The summed E-state index contributed by atoms with van der Waals surface area (Å²) in [4.78, 5) is 24.2. The molecule has 1 unspecified atom stereocenters. The van der Waals surface area contributed by atoms with Crippen molar-refractivity contribution in [1.82, 2.24) is 19.4 Å². The first-order valence-electron chi connectivity index (χ1n) is 9.80. The van der Waals surface area contributed by atoms with E-state index < -0.39 is 0 Å². The summed E-state index contributed by atoms with van der Waals surface area (Å²) in [6.45, 7) is 6.70. The molecule has 0 radical (unpaired) electrons. The van der Waals surface area contributed by atoms with Crippen LogP contribution in [0, 0.1) is 6.92 Å². The zero-order valence-corrected chi connectivity index (χ0v) is 16.1. The standard InChI is InChI=1S/C22H26N4O/c1-3-11-26-21(24-19-8-5-10-23-22(19)26)18-9-12-25(15-18)20(27)14-17-7-4-6-16(2)13-17/h4-8,10,13,18H,3,9,11-12,14-15H2,1-2H3. The number of carbonyl (C=O) groups excluding carboxylic acids is 1. The van der Waals surface area contributed by atoms with Crippen LogP contribution in [-0.4, -0.2) is 38.4 Å². The van der Waals surface area contributed by atoms with Crippen molar-refractivity contribution in [2.75, 3.05) is 13.1 Å². The molecule has 27 heavy (non-hydrogen) atoms. The molecule has 5 heteroatoms. The highest BCUT2D eigenvalue weighted by Crippen LogP contribution is 2.29. The van der Waals surface area contributed by atoms with Crippen molar-refractivity contribution in [1.29, 1.82) is 0 Å². The van der Waals surface area contributed by atoms with Crippen LogP contribution in [0.15, 0.2) is 42.6 Å². The van der Waals surface area contributed by atoms with E-state index in [0.717, 1.165) is 55.0 Å². The lowest BCUT2D eigenvalue weighted by atomic mass is 10.1. The van der Waals surface area contributed by atoms with Crippen molar-refractivity contribution in [2.45, 2.75) is 45.6 Å². The van der Waals surface area contributed by atoms with Gasteiger partial charge in [-0.2, -0.15) is 0 Å². The molecule has 0 N–H and O–H groups in total. The number of aryl methyl sites for hydroxylation is 2. The second-order valence-corrected chi connectivity index (χ2v) is 7.46. The number of carbonyl (C=O) groups is 1. The molecule has 1 aromatic carbocycles. The number of fused-ring (bicyclic) bond motifs is 1. The Kier molecular flexibility index (Phi) is 4.92. The van der Waals surface area contributed by atoms with Gasteiger partial charge in [-0.3, -0.25) is 4.79 Å². The minimum atomic E-state index is 0.208. The lowest BCUT2D eigenvalue weighted by Gasteiger charge is -2.17. The molecule has 5 nitrogen and oxygen atoms in total. The van der Waals surface area contributed by atoms with Crippen molar-refractivity contribution in [3.63, 3.8) is 0 Å². The van der Waals surface area contributed by atoms with E-state index in [1.54, 1.807) is 0 Å². The van der Waals surface area contributed by atoms with Gasteiger partial charge in [-0.05, 0) is 37.5 Å². The topological polar surface area (TPSA) is 51.0 Å². The monoisotopic (exact) mass is 362 g/mol. The van der Waals surface area contributed by atoms with Crippen LogP contribution in [0.2, 0.25) is 0 Å². The highest BCUT2D eigenvalue weighted by Gasteiger charge is 2.31. The van der Waals surface area contributed by atoms with Crippen LogP contribution >= 0.6 is 0 Å². The molecule has 1 aliphatic heterocycles. The molecule has 1 atom stereocenters. The summed E-state index contributed by atoms with van der Waals surface area (Å²) in [6.07, 6.45) is 4.30. The van der Waals surface area contributed by atoms with Crippen molar-refractivity contribution in [3.05, 3.63) is 59.5 Å². The first-order valence-corrected chi connectivity index (χ1v) is 9.80. The third-order valence-corrected chi connectivity index (χ3v) is 5.32. The first kappa shape index (κ1) is 17.7. The van der Waals surface area contributed by atoms with Crippen molar-refractivity contribution in [3.8, 4) is 0 Å². The number of hydrogen-bond donors (Lipinski definition) is 0. The summed E-state index contributed by atoms with van der Waals surface area (Å²) >= 11 is 0. The van der Waals surface area contributed by atoms with E-state index in [9.17, 15) is 4.79 Å². The number of aromatic nitrogens is 3. The number of likely N-dealkylation sites (tertiary alicyclic amines) is 1. The molecule has 1 saturated heterocycles. The van der Waals surface area contributed by atoms with Gasteiger partial charge in [0.2, 0.25) is 5.91 Å². The van der Waals surface area contributed by atoms with Gasteiger partial charge in [0.15, 0.2) is 5.65 Å². The number of pyridine rings is 1. The quantitative estimate of drug-likeness (QED) is 0.695. The van der Waals surface area contributed by atoms with Gasteiger partial charge in [-0.15, -0.1) is 0 Å². The van der Waals surface area contributed by atoms with E-state index in [1.165, 1.54) is 5.56 Å². The molecule has 1 fully saturated rings. The Morgan fingerprint density at radius 1 is 1.26 bits per heavy atom. The molecule has 0 spiro atoms. The summed E-state index contributed by atoms with van der Waals surface area (Å²) in [5.41, 5.74) is 4.19. The zero-order valence-electron chi connectivity index (χ0n) is 16.1. The number of imidazole rings is 1. The Balaban J connectivity index is 1.52. The largest absolute Gasteiger partial charge is 0.342 e. The van der Waals surface area contributed by atoms with Gasteiger partial charge >= 0.3 is 0 Å². The number of amides is 1. The van der Waals surface area contributed by atoms with Gasteiger partial charge < -0.3 is 9.47 Å². The Bertz CT molecular complexity index is 962. The molecule has 140 valence electrons.